The Labute approximate surface area is 80.1 Å². The fraction of sp³-hybridized carbons (Fsp3) is 1.00. The van der Waals surface area contributed by atoms with Crippen LogP contribution in [0, 0.1) is 0 Å². The summed E-state index contributed by atoms with van der Waals surface area (Å²) in [6.07, 6.45) is 4.44. The van der Waals surface area contributed by atoms with Crippen molar-refractivity contribution in [2.45, 2.75) is 37.3 Å². The number of piperidine rings is 1. The molecule has 0 amide bonds. The second-order valence-electron chi connectivity index (χ2n) is 4.68. The quantitative estimate of drug-likeness (QED) is 0.657. The summed E-state index contributed by atoms with van der Waals surface area (Å²) in [5.41, 5.74) is -0.330. The van der Waals surface area contributed by atoms with Gasteiger partial charge in [-0.3, -0.25) is 0 Å². The largest absolute Gasteiger partial charge is 0.389 e. The van der Waals surface area contributed by atoms with Crippen molar-refractivity contribution in [3.63, 3.8) is 0 Å². The minimum absolute atomic E-state index is 0.330. The van der Waals surface area contributed by atoms with Gasteiger partial charge in [0.1, 0.15) is 0 Å². The van der Waals surface area contributed by atoms with Crippen molar-refractivity contribution in [1.29, 1.82) is 0 Å². The molecule has 2 fully saturated rings. The Morgan fingerprint density at radius 3 is 2.54 bits per heavy atom. The zero-order chi connectivity index (χ0) is 9.31. The molecule has 2 N–H and O–H groups in total. The molecule has 0 aromatic rings. The van der Waals surface area contributed by atoms with E-state index in [0.29, 0.717) is 6.04 Å². The summed E-state index contributed by atoms with van der Waals surface area (Å²) in [6.45, 7) is 3.19. The Kier molecular flexibility index (Phi) is 2.58. The average Bonchev–Trinajstić information content (AvgIpc) is 2.84. The molecular formula is C10H20N2O. The smallest absolute Gasteiger partial charge is 0.0773 e. The standard InChI is InChI=1S/C10H20N2O/c1-12-6-2-9(3-7-12)11-8-10(13)4-5-10/h9,11,13H,2-8H2,1H3. The molecule has 1 aliphatic carbocycles. The predicted molar refractivity (Wildman–Crippen MR) is 52.7 cm³/mol. The van der Waals surface area contributed by atoms with E-state index in [4.69, 9.17) is 0 Å². The van der Waals surface area contributed by atoms with Gasteiger partial charge < -0.3 is 15.3 Å². The molecule has 2 rings (SSSR count). The van der Waals surface area contributed by atoms with E-state index in [-0.39, 0.29) is 5.60 Å². The molecule has 0 bridgehead atoms. The molecule has 1 aliphatic heterocycles. The number of nitrogens with zero attached hydrogens (tertiary/aromatic N) is 1. The van der Waals surface area contributed by atoms with Crippen LogP contribution in [0.1, 0.15) is 25.7 Å². The zero-order valence-corrected chi connectivity index (χ0v) is 8.42. The minimum Gasteiger partial charge on any atom is -0.389 e. The normalized spacial score (nSPS) is 29.1. The number of likely N-dealkylation sites (tertiary alicyclic amines) is 1. The maximum absolute atomic E-state index is 9.64. The van der Waals surface area contributed by atoms with E-state index >= 15 is 0 Å². The molecular weight excluding hydrogens is 164 g/mol. The zero-order valence-electron chi connectivity index (χ0n) is 8.42. The molecule has 3 nitrogen and oxygen atoms in total. The summed E-state index contributed by atoms with van der Waals surface area (Å²) in [4.78, 5) is 2.37. The lowest BCUT2D eigenvalue weighted by Crippen LogP contribution is -2.43. The molecule has 0 spiro atoms. The third kappa shape index (κ3) is 2.66. The second kappa shape index (κ2) is 3.56. The van der Waals surface area contributed by atoms with Crippen LogP contribution in [-0.4, -0.2) is 48.3 Å². The SMILES string of the molecule is CN1CCC(NCC2(O)CC2)CC1. The van der Waals surface area contributed by atoms with Gasteiger partial charge in [-0.2, -0.15) is 0 Å². The molecule has 0 aromatic carbocycles. The number of nitrogens with one attached hydrogen (secondary N) is 1. The number of hydrogen-bond donors (Lipinski definition) is 2. The summed E-state index contributed by atoms with van der Waals surface area (Å²) in [5, 5.41) is 13.1. The van der Waals surface area contributed by atoms with E-state index < -0.39 is 0 Å². The van der Waals surface area contributed by atoms with Crippen LogP contribution in [0.5, 0.6) is 0 Å². The molecule has 0 radical (unpaired) electrons. The van der Waals surface area contributed by atoms with Gasteiger partial charge in [0.15, 0.2) is 0 Å². The van der Waals surface area contributed by atoms with E-state index in [9.17, 15) is 5.11 Å². The fourth-order valence-corrected chi connectivity index (χ4v) is 1.87. The fourth-order valence-electron chi connectivity index (χ4n) is 1.87. The molecule has 3 heteroatoms. The highest BCUT2D eigenvalue weighted by molar-refractivity contribution is 4.96. The first kappa shape index (κ1) is 9.44. The van der Waals surface area contributed by atoms with Crippen molar-refractivity contribution < 1.29 is 5.11 Å². The summed E-state index contributed by atoms with van der Waals surface area (Å²) < 4.78 is 0. The lowest BCUT2D eigenvalue weighted by Gasteiger charge is -2.30. The van der Waals surface area contributed by atoms with Crippen LogP contribution in [0.4, 0.5) is 0 Å². The molecule has 1 heterocycles. The van der Waals surface area contributed by atoms with Gasteiger partial charge in [0.05, 0.1) is 5.60 Å². The average molecular weight is 184 g/mol. The molecule has 2 aliphatic rings. The maximum atomic E-state index is 9.64. The molecule has 0 atom stereocenters. The summed E-state index contributed by atoms with van der Waals surface area (Å²) in [5.74, 6) is 0. The summed E-state index contributed by atoms with van der Waals surface area (Å²) in [6, 6.07) is 0.640. The van der Waals surface area contributed by atoms with Gasteiger partial charge in [-0.1, -0.05) is 0 Å². The van der Waals surface area contributed by atoms with Gasteiger partial charge in [-0.15, -0.1) is 0 Å². The highest BCUT2D eigenvalue weighted by Crippen LogP contribution is 2.34. The van der Waals surface area contributed by atoms with Crippen LogP contribution in [0.25, 0.3) is 0 Å². The number of hydrogen-bond acceptors (Lipinski definition) is 3. The van der Waals surface area contributed by atoms with Crippen LogP contribution >= 0.6 is 0 Å². The molecule has 0 unspecified atom stereocenters. The van der Waals surface area contributed by atoms with Gasteiger partial charge >= 0.3 is 0 Å². The maximum Gasteiger partial charge on any atom is 0.0773 e. The lowest BCUT2D eigenvalue weighted by atomic mass is 10.1. The van der Waals surface area contributed by atoms with E-state index in [1.165, 1.54) is 25.9 Å². The van der Waals surface area contributed by atoms with E-state index in [2.05, 4.69) is 17.3 Å². The summed E-state index contributed by atoms with van der Waals surface area (Å²) >= 11 is 0. The first-order valence-corrected chi connectivity index (χ1v) is 5.32. The van der Waals surface area contributed by atoms with Gasteiger partial charge in [-0.05, 0) is 45.8 Å². The van der Waals surface area contributed by atoms with Crippen molar-refractivity contribution in [3.8, 4) is 0 Å². The molecule has 1 saturated carbocycles. The first-order valence-electron chi connectivity index (χ1n) is 5.32. The van der Waals surface area contributed by atoms with E-state index in [0.717, 1.165) is 19.4 Å². The second-order valence-corrected chi connectivity index (χ2v) is 4.68. The molecule has 76 valence electrons. The van der Waals surface area contributed by atoms with Crippen molar-refractivity contribution in [2.75, 3.05) is 26.7 Å². The first-order chi connectivity index (χ1) is 6.18. The summed E-state index contributed by atoms with van der Waals surface area (Å²) in [7, 11) is 2.17. The molecule has 13 heavy (non-hydrogen) atoms. The monoisotopic (exact) mass is 184 g/mol. The van der Waals surface area contributed by atoms with Crippen molar-refractivity contribution in [1.82, 2.24) is 10.2 Å². The lowest BCUT2D eigenvalue weighted by molar-refractivity contribution is 0.135. The van der Waals surface area contributed by atoms with Gasteiger partial charge in [0.2, 0.25) is 0 Å². The van der Waals surface area contributed by atoms with Crippen LogP contribution < -0.4 is 5.32 Å². The Hall–Kier alpha value is -0.120. The molecule has 0 aromatic heterocycles. The Morgan fingerprint density at radius 1 is 1.38 bits per heavy atom. The number of rotatable bonds is 3. The van der Waals surface area contributed by atoms with Gasteiger partial charge in [0, 0.05) is 12.6 Å². The van der Waals surface area contributed by atoms with Crippen LogP contribution in [0.15, 0.2) is 0 Å². The van der Waals surface area contributed by atoms with Crippen LogP contribution in [0.3, 0.4) is 0 Å². The van der Waals surface area contributed by atoms with E-state index in [1.807, 2.05) is 0 Å². The van der Waals surface area contributed by atoms with Crippen LogP contribution in [-0.2, 0) is 0 Å². The Morgan fingerprint density at radius 2 is 2.00 bits per heavy atom. The number of aliphatic hydroxyl groups is 1. The van der Waals surface area contributed by atoms with Gasteiger partial charge in [0.25, 0.3) is 0 Å². The van der Waals surface area contributed by atoms with Gasteiger partial charge in [-0.25, -0.2) is 0 Å². The van der Waals surface area contributed by atoms with Crippen LogP contribution in [0.2, 0.25) is 0 Å². The third-order valence-electron chi connectivity index (χ3n) is 3.27. The predicted octanol–water partition coefficient (Wildman–Crippen LogP) is 0.195. The highest BCUT2D eigenvalue weighted by Gasteiger charge is 2.40. The van der Waals surface area contributed by atoms with Crippen molar-refractivity contribution in [3.05, 3.63) is 0 Å². The topological polar surface area (TPSA) is 35.5 Å². The highest BCUT2D eigenvalue weighted by atomic mass is 16.3. The third-order valence-corrected chi connectivity index (χ3v) is 3.27. The Bertz CT molecular complexity index is 172. The Balaban J connectivity index is 1.65. The minimum atomic E-state index is -0.330. The molecule has 1 saturated heterocycles. The van der Waals surface area contributed by atoms with Crippen molar-refractivity contribution >= 4 is 0 Å². The van der Waals surface area contributed by atoms with E-state index in [1.54, 1.807) is 0 Å². The van der Waals surface area contributed by atoms with Crippen molar-refractivity contribution in [2.24, 2.45) is 0 Å².